The van der Waals surface area contributed by atoms with Gasteiger partial charge in [-0.2, -0.15) is 0 Å². The number of unbranched alkanes of at least 4 members (excludes halogenated alkanes) is 2. The highest BCUT2D eigenvalue weighted by Gasteiger charge is 2.46. The summed E-state index contributed by atoms with van der Waals surface area (Å²) in [6.45, 7) is 8.44. The number of aliphatic hydroxyl groups excluding tert-OH is 1. The molecule has 3 aliphatic heterocycles. The number of rotatable bonds is 11. The Hall–Kier alpha value is -3.56. The number of ketones is 1. The van der Waals surface area contributed by atoms with Gasteiger partial charge in [-0.05, 0) is 54.8 Å². The van der Waals surface area contributed by atoms with E-state index in [2.05, 4.69) is 11.8 Å². The standard InChI is InChI=1S/C32H40N2O7/c1-4-5-6-15-40-26-10-7-22(20-27(26)38-3)29-28(30(35)23-8-9-25-24(19-23)18-21(2)41-25)31(36)32(37)34(29)12-11-33-13-16-39-17-14-33/h7-10,19-21,29,35H,4-6,11-18H2,1-3H3. The van der Waals surface area contributed by atoms with Gasteiger partial charge in [0.1, 0.15) is 17.6 Å². The van der Waals surface area contributed by atoms with Crippen molar-refractivity contribution in [2.24, 2.45) is 0 Å². The molecule has 2 aromatic rings. The number of carbonyl (C=O) groups is 2. The number of Topliss-reactive ketones (excluding diaryl/α,β-unsaturated/α-hetero) is 1. The summed E-state index contributed by atoms with van der Waals surface area (Å²) >= 11 is 0. The van der Waals surface area contributed by atoms with Gasteiger partial charge in [-0.1, -0.05) is 25.8 Å². The van der Waals surface area contributed by atoms with Gasteiger partial charge in [0.2, 0.25) is 0 Å². The summed E-state index contributed by atoms with van der Waals surface area (Å²) in [7, 11) is 1.57. The largest absolute Gasteiger partial charge is 0.507 e. The maximum atomic E-state index is 13.6. The topological polar surface area (TPSA) is 97.8 Å². The Labute approximate surface area is 241 Å². The number of ether oxygens (including phenoxy) is 4. The fraction of sp³-hybridized carbons (Fsp3) is 0.500. The van der Waals surface area contributed by atoms with Crippen LogP contribution in [-0.2, 0) is 20.7 Å². The zero-order valence-corrected chi connectivity index (χ0v) is 24.2. The van der Waals surface area contributed by atoms with Crippen LogP contribution in [0.15, 0.2) is 42.0 Å². The van der Waals surface area contributed by atoms with Crippen LogP contribution >= 0.6 is 0 Å². The maximum Gasteiger partial charge on any atom is 0.295 e. The summed E-state index contributed by atoms with van der Waals surface area (Å²) in [6.07, 6.45) is 3.87. The van der Waals surface area contributed by atoms with E-state index in [1.54, 1.807) is 24.1 Å². The van der Waals surface area contributed by atoms with Crippen LogP contribution in [-0.4, -0.2) is 85.8 Å². The molecular formula is C32H40N2O7. The third kappa shape index (κ3) is 6.21. The molecule has 41 heavy (non-hydrogen) atoms. The fourth-order valence-corrected chi connectivity index (χ4v) is 5.76. The zero-order valence-electron chi connectivity index (χ0n) is 24.2. The summed E-state index contributed by atoms with van der Waals surface area (Å²) < 4.78 is 22.9. The molecule has 0 aromatic heterocycles. The number of fused-ring (bicyclic) bond motifs is 1. The number of amides is 1. The molecule has 1 amide bonds. The Kier molecular flexibility index (Phi) is 9.15. The lowest BCUT2D eigenvalue weighted by Gasteiger charge is -2.31. The average Bonchev–Trinajstić information content (AvgIpc) is 3.49. The number of likely N-dealkylation sites (tertiary alicyclic amines) is 1. The van der Waals surface area contributed by atoms with Crippen molar-refractivity contribution < 1.29 is 33.6 Å². The second-order valence-electron chi connectivity index (χ2n) is 10.9. The first-order valence-electron chi connectivity index (χ1n) is 14.6. The molecule has 9 nitrogen and oxygen atoms in total. The summed E-state index contributed by atoms with van der Waals surface area (Å²) in [5.41, 5.74) is 2.19. The lowest BCUT2D eigenvalue weighted by atomic mass is 9.94. The van der Waals surface area contributed by atoms with Gasteiger partial charge in [-0.15, -0.1) is 0 Å². The number of hydrogen-bond donors (Lipinski definition) is 1. The Morgan fingerprint density at radius 1 is 1.05 bits per heavy atom. The van der Waals surface area contributed by atoms with Gasteiger partial charge in [0, 0.05) is 38.2 Å². The van der Waals surface area contributed by atoms with Crippen LogP contribution in [0.25, 0.3) is 5.76 Å². The van der Waals surface area contributed by atoms with Crippen molar-refractivity contribution in [3.8, 4) is 17.2 Å². The van der Waals surface area contributed by atoms with Gasteiger partial charge in [0.25, 0.3) is 11.7 Å². The Morgan fingerprint density at radius 2 is 1.85 bits per heavy atom. The lowest BCUT2D eigenvalue weighted by Crippen LogP contribution is -2.42. The molecule has 2 fully saturated rings. The highest BCUT2D eigenvalue weighted by atomic mass is 16.5. The van der Waals surface area contributed by atoms with Crippen molar-refractivity contribution in [2.75, 3.05) is 53.1 Å². The van der Waals surface area contributed by atoms with Crippen LogP contribution in [0.1, 0.15) is 55.8 Å². The molecule has 0 aliphatic carbocycles. The number of hydrogen-bond acceptors (Lipinski definition) is 8. The van der Waals surface area contributed by atoms with Crippen molar-refractivity contribution >= 4 is 17.4 Å². The normalized spacial score (nSPS) is 22.1. The van der Waals surface area contributed by atoms with E-state index in [9.17, 15) is 14.7 Å². The summed E-state index contributed by atoms with van der Waals surface area (Å²) in [5.74, 6) is 0.381. The second kappa shape index (κ2) is 13.0. The van der Waals surface area contributed by atoms with E-state index in [1.165, 1.54) is 0 Å². The summed E-state index contributed by atoms with van der Waals surface area (Å²) in [4.78, 5) is 30.8. The predicted octanol–water partition coefficient (Wildman–Crippen LogP) is 4.34. The third-order valence-corrected chi connectivity index (χ3v) is 7.98. The molecule has 0 bridgehead atoms. The van der Waals surface area contributed by atoms with Gasteiger partial charge in [0.15, 0.2) is 11.5 Å². The molecule has 2 aromatic carbocycles. The van der Waals surface area contributed by atoms with E-state index in [4.69, 9.17) is 18.9 Å². The van der Waals surface area contributed by atoms with Crippen LogP contribution in [0, 0.1) is 0 Å². The molecule has 2 unspecified atom stereocenters. The molecule has 9 heteroatoms. The number of methoxy groups -OCH3 is 1. The van der Waals surface area contributed by atoms with Crippen molar-refractivity contribution in [3.63, 3.8) is 0 Å². The second-order valence-corrected chi connectivity index (χ2v) is 10.9. The number of benzene rings is 2. The monoisotopic (exact) mass is 564 g/mol. The average molecular weight is 565 g/mol. The molecule has 0 spiro atoms. The molecule has 0 saturated carbocycles. The first kappa shape index (κ1) is 29.0. The molecule has 3 aliphatic rings. The maximum absolute atomic E-state index is 13.6. The first-order chi connectivity index (χ1) is 19.9. The quantitative estimate of drug-likeness (QED) is 0.186. The number of nitrogens with zero attached hydrogens (tertiary/aromatic N) is 2. The van der Waals surface area contributed by atoms with Crippen molar-refractivity contribution in [1.82, 2.24) is 9.80 Å². The summed E-state index contributed by atoms with van der Waals surface area (Å²) in [6, 6.07) is 10.1. The van der Waals surface area contributed by atoms with Gasteiger partial charge in [-0.25, -0.2) is 0 Å². The minimum absolute atomic E-state index is 0.0448. The van der Waals surface area contributed by atoms with Crippen LogP contribution in [0.4, 0.5) is 0 Å². The Morgan fingerprint density at radius 3 is 2.61 bits per heavy atom. The van der Waals surface area contributed by atoms with Gasteiger partial charge in [-0.3, -0.25) is 14.5 Å². The number of carbonyl (C=O) groups excluding carboxylic acids is 2. The van der Waals surface area contributed by atoms with Crippen LogP contribution in [0.2, 0.25) is 0 Å². The van der Waals surface area contributed by atoms with Gasteiger partial charge < -0.3 is 29.0 Å². The Balaban J connectivity index is 1.51. The minimum atomic E-state index is -0.775. The highest BCUT2D eigenvalue weighted by molar-refractivity contribution is 6.46. The molecule has 1 N–H and O–H groups in total. The SMILES string of the molecule is CCCCCOc1ccc(C2C(=C(O)c3ccc4c(c3)CC(C)O4)C(=O)C(=O)N2CCN2CCOCC2)cc1OC. The summed E-state index contributed by atoms with van der Waals surface area (Å²) in [5, 5.41) is 11.6. The lowest BCUT2D eigenvalue weighted by molar-refractivity contribution is -0.140. The molecule has 2 saturated heterocycles. The fourth-order valence-electron chi connectivity index (χ4n) is 5.76. The van der Waals surface area contributed by atoms with E-state index in [1.807, 2.05) is 31.2 Å². The van der Waals surface area contributed by atoms with Crippen molar-refractivity contribution in [2.45, 2.75) is 51.7 Å². The smallest absolute Gasteiger partial charge is 0.295 e. The van der Waals surface area contributed by atoms with Crippen molar-refractivity contribution in [3.05, 3.63) is 58.7 Å². The van der Waals surface area contributed by atoms with Gasteiger partial charge in [0.05, 0.1) is 38.5 Å². The molecule has 3 heterocycles. The molecule has 2 atom stereocenters. The predicted molar refractivity (Wildman–Crippen MR) is 155 cm³/mol. The van der Waals surface area contributed by atoms with Crippen LogP contribution < -0.4 is 14.2 Å². The van der Waals surface area contributed by atoms with Crippen LogP contribution in [0.3, 0.4) is 0 Å². The molecular weight excluding hydrogens is 524 g/mol. The van der Waals surface area contributed by atoms with Crippen LogP contribution in [0.5, 0.6) is 17.2 Å². The molecule has 220 valence electrons. The first-order valence-corrected chi connectivity index (χ1v) is 14.6. The third-order valence-electron chi connectivity index (χ3n) is 7.98. The van der Waals surface area contributed by atoms with Crippen molar-refractivity contribution in [1.29, 1.82) is 0 Å². The van der Waals surface area contributed by atoms with Gasteiger partial charge >= 0.3 is 0 Å². The zero-order chi connectivity index (χ0) is 28.9. The van der Waals surface area contributed by atoms with E-state index in [-0.39, 0.29) is 17.4 Å². The molecule has 5 rings (SSSR count). The Bertz CT molecular complexity index is 1300. The number of aliphatic hydroxyl groups is 1. The highest BCUT2D eigenvalue weighted by Crippen LogP contribution is 2.42. The molecule has 0 radical (unpaired) electrons. The minimum Gasteiger partial charge on any atom is -0.507 e. The van der Waals surface area contributed by atoms with E-state index >= 15 is 0 Å². The van der Waals surface area contributed by atoms with E-state index in [0.29, 0.717) is 62.0 Å². The van der Waals surface area contributed by atoms with E-state index < -0.39 is 17.7 Å². The number of morpholine rings is 1. The van der Waals surface area contributed by atoms with E-state index in [0.717, 1.165) is 43.7 Å².